The summed E-state index contributed by atoms with van der Waals surface area (Å²) in [4.78, 5) is 43.8. The SMILES string of the molecule is CC(C)(C)OC(=O)NCCOCCNC(=O)c1csc(C(=O)c2c[nH]c3ccccc23)n1. The summed E-state index contributed by atoms with van der Waals surface area (Å²) in [5.41, 5.74) is 1.02. The summed E-state index contributed by atoms with van der Waals surface area (Å²) in [6, 6.07) is 7.51. The lowest BCUT2D eigenvalue weighted by Crippen LogP contribution is -2.34. The van der Waals surface area contributed by atoms with Gasteiger partial charge in [0.25, 0.3) is 5.91 Å². The van der Waals surface area contributed by atoms with Gasteiger partial charge in [0.1, 0.15) is 11.3 Å². The summed E-state index contributed by atoms with van der Waals surface area (Å²) in [5.74, 6) is -0.609. The molecule has 0 radical (unpaired) electrons. The van der Waals surface area contributed by atoms with Crippen molar-refractivity contribution in [1.29, 1.82) is 0 Å². The molecule has 1 aromatic carbocycles. The molecule has 0 unspecified atom stereocenters. The Balaban J connectivity index is 1.40. The number of hydrogen-bond acceptors (Lipinski definition) is 7. The number of benzene rings is 1. The van der Waals surface area contributed by atoms with E-state index in [1.165, 1.54) is 0 Å². The summed E-state index contributed by atoms with van der Waals surface area (Å²) >= 11 is 1.13. The summed E-state index contributed by atoms with van der Waals surface area (Å²) in [7, 11) is 0. The number of para-hydroxylation sites is 1. The molecule has 0 atom stereocenters. The molecule has 0 saturated heterocycles. The Morgan fingerprint density at radius 1 is 1.09 bits per heavy atom. The molecule has 2 heterocycles. The second-order valence-corrected chi connectivity index (χ2v) is 8.77. The first-order valence-corrected chi connectivity index (χ1v) is 11.0. The van der Waals surface area contributed by atoms with E-state index < -0.39 is 11.7 Å². The zero-order valence-electron chi connectivity index (χ0n) is 18.2. The zero-order chi connectivity index (χ0) is 23.1. The molecule has 3 N–H and O–H groups in total. The number of ketones is 1. The monoisotopic (exact) mass is 458 g/mol. The van der Waals surface area contributed by atoms with Crippen LogP contribution in [0.25, 0.3) is 10.9 Å². The molecule has 170 valence electrons. The third-order valence-corrected chi connectivity index (χ3v) is 5.05. The fraction of sp³-hybridized carbons (Fsp3) is 0.364. The molecule has 0 spiro atoms. The molecule has 3 aromatic rings. The van der Waals surface area contributed by atoms with Gasteiger partial charge in [-0.3, -0.25) is 9.59 Å². The molecule has 32 heavy (non-hydrogen) atoms. The maximum atomic E-state index is 12.8. The number of aromatic nitrogens is 2. The van der Waals surface area contributed by atoms with Gasteiger partial charge in [-0.15, -0.1) is 11.3 Å². The van der Waals surface area contributed by atoms with Gasteiger partial charge in [0.2, 0.25) is 5.78 Å². The standard InChI is InChI=1S/C22H26N4O5S/c1-22(2,3)31-21(29)24-9-11-30-10-8-23-19(28)17-13-32-20(26-17)18(27)15-12-25-16-7-5-4-6-14(15)16/h4-7,12-13,25H,8-11H2,1-3H3,(H,23,28)(H,24,29). The lowest BCUT2D eigenvalue weighted by molar-refractivity contribution is 0.0500. The highest BCUT2D eigenvalue weighted by molar-refractivity contribution is 7.12. The van der Waals surface area contributed by atoms with E-state index in [-0.39, 0.29) is 42.2 Å². The number of alkyl carbamates (subject to hydrolysis) is 1. The van der Waals surface area contributed by atoms with Crippen LogP contribution in [0.15, 0.2) is 35.8 Å². The molecular weight excluding hydrogens is 432 g/mol. The average Bonchev–Trinajstić information content (AvgIpc) is 3.39. The van der Waals surface area contributed by atoms with E-state index in [9.17, 15) is 14.4 Å². The van der Waals surface area contributed by atoms with Crippen molar-refractivity contribution in [2.45, 2.75) is 26.4 Å². The van der Waals surface area contributed by atoms with Gasteiger partial charge in [-0.05, 0) is 26.8 Å². The molecular formula is C22H26N4O5S. The zero-order valence-corrected chi connectivity index (χ0v) is 19.0. The maximum Gasteiger partial charge on any atom is 0.407 e. The van der Waals surface area contributed by atoms with Crippen LogP contribution in [0.1, 0.15) is 46.6 Å². The molecule has 0 aliphatic rings. The first-order valence-electron chi connectivity index (χ1n) is 10.1. The van der Waals surface area contributed by atoms with E-state index in [0.29, 0.717) is 12.1 Å². The highest BCUT2D eigenvalue weighted by Crippen LogP contribution is 2.22. The fourth-order valence-electron chi connectivity index (χ4n) is 2.83. The number of thiazole rings is 1. The van der Waals surface area contributed by atoms with Gasteiger partial charge in [0.05, 0.1) is 18.8 Å². The first-order chi connectivity index (χ1) is 15.2. The Morgan fingerprint density at radius 2 is 1.81 bits per heavy atom. The van der Waals surface area contributed by atoms with Gasteiger partial charge >= 0.3 is 6.09 Å². The normalized spacial score (nSPS) is 11.3. The van der Waals surface area contributed by atoms with Gasteiger partial charge in [0, 0.05) is 35.6 Å². The maximum absolute atomic E-state index is 12.8. The molecule has 10 heteroatoms. The molecule has 3 rings (SSSR count). The first kappa shape index (κ1) is 23.4. The molecule has 0 aliphatic heterocycles. The third-order valence-electron chi connectivity index (χ3n) is 4.21. The molecule has 0 saturated carbocycles. The molecule has 0 aliphatic carbocycles. The molecule has 9 nitrogen and oxygen atoms in total. The van der Waals surface area contributed by atoms with Crippen molar-refractivity contribution in [2.24, 2.45) is 0 Å². The van der Waals surface area contributed by atoms with E-state index in [4.69, 9.17) is 9.47 Å². The van der Waals surface area contributed by atoms with Crippen molar-refractivity contribution in [3.8, 4) is 0 Å². The van der Waals surface area contributed by atoms with Crippen LogP contribution in [-0.2, 0) is 9.47 Å². The lowest BCUT2D eigenvalue weighted by Gasteiger charge is -2.19. The van der Waals surface area contributed by atoms with Crippen molar-refractivity contribution in [3.05, 3.63) is 52.1 Å². The molecule has 0 fully saturated rings. The fourth-order valence-corrected chi connectivity index (χ4v) is 3.58. The molecule has 2 amide bonds. The average molecular weight is 459 g/mol. The number of amides is 2. The third kappa shape index (κ3) is 6.38. The Kier molecular flexibility index (Phi) is 7.60. The number of hydrogen-bond donors (Lipinski definition) is 3. The number of fused-ring (bicyclic) bond motifs is 1. The number of rotatable bonds is 9. The van der Waals surface area contributed by atoms with Crippen LogP contribution in [0.4, 0.5) is 4.79 Å². The van der Waals surface area contributed by atoms with Crippen LogP contribution in [0.2, 0.25) is 0 Å². The Bertz CT molecular complexity index is 1100. The smallest absolute Gasteiger partial charge is 0.407 e. The van der Waals surface area contributed by atoms with E-state index in [1.807, 2.05) is 24.3 Å². The van der Waals surface area contributed by atoms with Crippen molar-refractivity contribution in [2.75, 3.05) is 26.3 Å². The number of nitrogens with zero attached hydrogens (tertiary/aromatic N) is 1. The van der Waals surface area contributed by atoms with Gasteiger partial charge in [-0.2, -0.15) is 0 Å². The van der Waals surface area contributed by atoms with Crippen LogP contribution in [0, 0.1) is 0 Å². The van der Waals surface area contributed by atoms with E-state index in [0.717, 1.165) is 22.2 Å². The largest absolute Gasteiger partial charge is 0.444 e. The number of carbonyl (C=O) groups is 3. The van der Waals surface area contributed by atoms with Crippen LogP contribution in [0.5, 0.6) is 0 Å². The van der Waals surface area contributed by atoms with Crippen molar-refractivity contribution < 1.29 is 23.9 Å². The number of nitrogens with one attached hydrogen (secondary N) is 3. The Morgan fingerprint density at radius 3 is 2.56 bits per heavy atom. The van der Waals surface area contributed by atoms with Crippen LogP contribution >= 0.6 is 11.3 Å². The minimum Gasteiger partial charge on any atom is -0.444 e. The quantitative estimate of drug-likeness (QED) is 0.334. The van der Waals surface area contributed by atoms with Crippen LogP contribution < -0.4 is 10.6 Å². The summed E-state index contributed by atoms with van der Waals surface area (Å²) in [5, 5.41) is 7.91. The molecule has 2 aromatic heterocycles. The van der Waals surface area contributed by atoms with Gasteiger partial charge in [0.15, 0.2) is 5.01 Å². The van der Waals surface area contributed by atoms with Gasteiger partial charge < -0.3 is 25.1 Å². The van der Waals surface area contributed by atoms with E-state index >= 15 is 0 Å². The Hall–Kier alpha value is -3.24. The Labute approximate surface area is 189 Å². The summed E-state index contributed by atoms with van der Waals surface area (Å²) in [6.45, 7) is 6.49. The van der Waals surface area contributed by atoms with Gasteiger partial charge in [-0.25, -0.2) is 9.78 Å². The second-order valence-electron chi connectivity index (χ2n) is 7.91. The highest BCUT2D eigenvalue weighted by Gasteiger charge is 2.19. The molecule has 0 bridgehead atoms. The number of carbonyl (C=O) groups excluding carboxylic acids is 3. The van der Waals surface area contributed by atoms with E-state index in [1.54, 1.807) is 32.3 Å². The van der Waals surface area contributed by atoms with Crippen LogP contribution in [-0.4, -0.2) is 59.7 Å². The van der Waals surface area contributed by atoms with E-state index in [2.05, 4.69) is 20.6 Å². The highest BCUT2D eigenvalue weighted by atomic mass is 32.1. The summed E-state index contributed by atoms with van der Waals surface area (Å²) < 4.78 is 10.5. The van der Waals surface area contributed by atoms with Crippen molar-refractivity contribution in [1.82, 2.24) is 20.6 Å². The topological polar surface area (TPSA) is 122 Å². The van der Waals surface area contributed by atoms with Gasteiger partial charge in [-0.1, -0.05) is 18.2 Å². The number of H-pyrrole nitrogens is 1. The predicted octanol–water partition coefficient (Wildman–Crippen LogP) is 3.13. The lowest BCUT2D eigenvalue weighted by atomic mass is 10.1. The number of aromatic amines is 1. The number of ether oxygens (including phenoxy) is 2. The van der Waals surface area contributed by atoms with Crippen molar-refractivity contribution >= 4 is 40.0 Å². The summed E-state index contributed by atoms with van der Waals surface area (Å²) in [6.07, 6.45) is 1.15. The minimum atomic E-state index is -0.551. The predicted molar refractivity (Wildman–Crippen MR) is 121 cm³/mol. The second kappa shape index (κ2) is 10.4. The minimum absolute atomic E-state index is 0.185. The van der Waals surface area contributed by atoms with Crippen molar-refractivity contribution in [3.63, 3.8) is 0 Å². The van der Waals surface area contributed by atoms with Crippen LogP contribution in [0.3, 0.4) is 0 Å².